The fourth-order valence-corrected chi connectivity index (χ4v) is 4.32. The largest absolute Gasteiger partial charge is 0.508 e. The molecular formula is C21H31NO3. The SMILES string of the molecule is CCCCCC(C)(C)c1cc(O)c2c(c1)OC1/C(=N\O)CCCCC21. The third-order valence-electron chi connectivity index (χ3n) is 5.95. The monoisotopic (exact) mass is 345 g/mol. The van der Waals surface area contributed by atoms with Gasteiger partial charge in [-0.05, 0) is 48.8 Å². The quantitative estimate of drug-likeness (QED) is 0.421. The Labute approximate surface area is 150 Å². The molecule has 1 fully saturated rings. The molecule has 2 aliphatic rings. The van der Waals surface area contributed by atoms with Crippen LogP contribution in [0.4, 0.5) is 0 Å². The van der Waals surface area contributed by atoms with Crippen LogP contribution in [0.25, 0.3) is 0 Å². The Morgan fingerprint density at radius 2 is 2.04 bits per heavy atom. The number of phenols is 1. The van der Waals surface area contributed by atoms with E-state index in [1.165, 1.54) is 19.3 Å². The van der Waals surface area contributed by atoms with Crippen LogP contribution in [-0.4, -0.2) is 22.1 Å². The molecule has 0 radical (unpaired) electrons. The number of oxime groups is 1. The third-order valence-corrected chi connectivity index (χ3v) is 5.95. The molecule has 2 unspecified atom stereocenters. The molecule has 2 atom stereocenters. The van der Waals surface area contributed by atoms with E-state index < -0.39 is 0 Å². The standard InChI is InChI=1S/C21H31NO3/c1-4-5-8-11-21(2,3)14-12-17(23)19-15-9-6-7-10-16(22-24)20(15)25-18(19)13-14/h12-13,15,20,23-24H,4-11H2,1-3H3/b22-16-. The first-order valence-electron chi connectivity index (χ1n) is 9.72. The number of benzene rings is 1. The molecule has 1 heterocycles. The normalized spacial score (nSPS) is 24.5. The summed E-state index contributed by atoms with van der Waals surface area (Å²) in [4.78, 5) is 0. The molecule has 2 N–H and O–H groups in total. The molecule has 0 saturated heterocycles. The van der Waals surface area contributed by atoms with Gasteiger partial charge in [0.25, 0.3) is 0 Å². The first-order valence-corrected chi connectivity index (χ1v) is 9.72. The summed E-state index contributed by atoms with van der Waals surface area (Å²) in [5.74, 6) is 1.21. The van der Waals surface area contributed by atoms with Crippen LogP contribution < -0.4 is 4.74 Å². The highest BCUT2D eigenvalue weighted by Crippen LogP contribution is 2.50. The molecule has 1 aliphatic heterocycles. The van der Waals surface area contributed by atoms with Crippen LogP contribution in [0.2, 0.25) is 0 Å². The summed E-state index contributed by atoms with van der Waals surface area (Å²) in [5, 5.41) is 23.6. The third kappa shape index (κ3) is 3.49. The number of ether oxygens (including phenoxy) is 1. The van der Waals surface area contributed by atoms with Crippen molar-refractivity contribution in [1.29, 1.82) is 0 Å². The average Bonchev–Trinajstić information content (AvgIpc) is 2.82. The van der Waals surface area contributed by atoms with Gasteiger partial charge in [-0.15, -0.1) is 0 Å². The van der Waals surface area contributed by atoms with Gasteiger partial charge in [-0.25, -0.2) is 0 Å². The summed E-state index contributed by atoms with van der Waals surface area (Å²) in [6.07, 6.45) is 8.29. The number of nitrogens with zero attached hydrogens (tertiary/aromatic N) is 1. The van der Waals surface area contributed by atoms with Crippen LogP contribution in [-0.2, 0) is 5.41 Å². The van der Waals surface area contributed by atoms with Crippen LogP contribution in [0.15, 0.2) is 17.3 Å². The highest BCUT2D eigenvalue weighted by atomic mass is 16.5. The molecule has 0 bridgehead atoms. The maximum Gasteiger partial charge on any atom is 0.147 e. The van der Waals surface area contributed by atoms with Crippen LogP contribution >= 0.6 is 0 Å². The Hall–Kier alpha value is -1.71. The topological polar surface area (TPSA) is 62.0 Å². The van der Waals surface area contributed by atoms with E-state index in [2.05, 4.69) is 32.0 Å². The van der Waals surface area contributed by atoms with Crippen molar-refractivity contribution in [1.82, 2.24) is 0 Å². The molecule has 4 nitrogen and oxygen atoms in total. The average molecular weight is 345 g/mol. The summed E-state index contributed by atoms with van der Waals surface area (Å²) >= 11 is 0. The summed E-state index contributed by atoms with van der Waals surface area (Å²) < 4.78 is 6.19. The first kappa shape index (κ1) is 18.1. The van der Waals surface area contributed by atoms with Gasteiger partial charge in [-0.3, -0.25) is 0 Å². The van der Waals surface area contributed by atoms with E-state index in [0.29, 0.717) is 11.5 Å². The predicted octanol–water partition coefficient (Wildman–Crippen LogP) is 5.50. The number of unbranched alkanes of at least 4 members (excludes halogenated alkanes) is 2. The molecule has 25 heavy (non-hydrogen) atoms. The van der Waals surface area contributed by atoms with Gasteiger partial charge in [-0.1, -0.05) is 51.6 Å². The molecule has 4 heteroatoms. The van der Waals surface area contributed by atoms with Gasteiger partial charge in [0.15, 0.2) is 0 Å². The lowest BCUT2D eigenvalue weighted by atomic mass is 9.78. The molecule has 0 spiro atoms. The minimum absolute atomic E-state index is 0.00356. The zero-order valence-electron chi connectivity index (χ0n) is 15.7. The van der Waals surface area contributed by atoms with Crippen molar-refractivity contribution in [2.45, 2.75) is 89.6 Å². The van der Waals surface area contributed by atoms with E-state index in [1.54, 1.807) is 0 Å². The van der Waals surface area contributed by atoms with E-state index in [4.69, 9.17) is 4.74 Å². The van der Waals surface area contributed by atoms with E-state index in [9.17, 15) is 10.3 Å². The molecule has 1 aromatic carbocycles. The molecule has 1 saturated carbocycles. The van der Waals surface area contributed by atoms with Crippen molar-refractivity contribution in [2.75, 3.05) is 0 Å². The van der Waals surface area contributed by atoms with Crippen molar-refractivity contribution in [3.63, 3.8) is 0 Å². The van der Waals surface area contributed by atoms with Gasteiger partial charge in [0.05, 0.1) is 5.71 Å². The number of hydrogen-bond acceptors (Lipinski definition) is 4. The van der Waals surface area contributed by atoms with Gasteiger partial charge >= 0.3 is 0 Å². The van der Waals surface area contributed by atoms with Crippen molar-refractivity contribution in [3.05, 3.63) is 23.3 Å². The fraction of sp³-hybridized carbons (Fsp3) is 0.667. The lowest BCUT2D eigenvalue weighted by Crippen LogP contribution is -2.27. The van der Waals surface area contributed by atoms with Gasteiger partial charge in [-0.2, -0.15) is 0 Å². The Kier molecular flexibility index (Phi) is 5.26. The van der Waals surface area contributed by atoms with E-state index in [1.807, 2.05) is 6.07 Å². The smallest absolute Gasteiger partial charge is 0.147 e. The zero-order chi connectivity index (χ0) is 18.0. The van der Waals surface area contributed by atoms with Crippen molar-refractivity contribution in [3.8, 4) is 11.5 Å². The maximum absolute atomic E-state index is 10.8. The molecule has 1 aliphatic carbocycles. The van der Waals surface area contributed by atoms with Crippen molar-refractivity contribution < 1.29 is 15.1 Å². The van der Waals surface area contributed by atoms with E-state index in [0.717, 1.165) is 49.0 Å². The Morgan fingerprint density at radius 3 is 2.76 bits per heavy atom. The molecule has 0 aromatic heterocycles. The van der Waals surface area contributed by atoms with Crippen molar-refractivity contribution >= 4 is 5.71 Å². The van der Waals surface area contributed by atoms with Crippen LogP contribution in [0.5, 0.6) is 11.5 Å². The van der Waals surface area contributed by atoms with E-state index >= 15 is 0 Å². The van der Waals surface area contributed by atoms with Crippen LogP contribution in [0.3, 0.4) is 0 Å². The molecule has 138 valence electrons. The van der Waals surface area contributed by atoms with Crippen molar-refractivity contribution in [2.24, 2.45) is 5.16 Å². The van der Waals surface area contributed by atoms with Gasteiger partial charge in [0.2, 0.25) is 0 Å². The lowest BCUT2D eigenvalue weighted by molar-refractivity contribution is 0.253. The van der Waals surface area contributed by atoms with E-state index in [-0.39, 0.29) is 17.4 Å². The second kappa shape index (κ2) is 7.27. The molecular weight excluding hydrogens is 314 g/mol. The first-order chi connectivity index (χ1) is 12.0. The highest BCUT2D eigenvalue weighted by molar-refractivity contribution is 5.91. The Morgan fingerprint density at radius 1 is 1.24 bits per heavy atom. The van der Waals surface area contributed by atoms with Crippen LogP contribution in [0, 0.1) is 0 Å². The minimum Gasteiger partial charge on any atom is -0.508 e. The maximum atomic E-state index is 10.8. The second-order valence-electron chi connectivity index (χ2n) is 8.23. The number of fused-ring (bicyclic) bond motifs is 3. The predicted molar refractivity (Wildman–Crippen MR) is 100 cm³/mol. The summed E-state index contributed by atoms with van der Waals surface area (Å²) in [6, 6.07) is 4.03. The van der Waals surface area contributed by atoms with Gasteiger partial charge in [0.1, 0.15) is 17.6 Å². The fourth-order valence-electron chi connectivity index (χ4n) is 4.32. The van der Waals surface area contributed by atoms with Gasteiger partial charge in [0, 0.05) is 11.5 Å². The molecule has 3 rings (SSSR count). The van der Waals surface area contributed by atoms with Gasteiger partial charge < -0.3 is 15.1 Å². The zero-order valence-corrected chi connectivity index (χ0v) is 15.7. The summed E-state index contributed by atoms with van der Waals surface area (Å²) in [7, 11) is 0. The highest BCUT2D eigenvalue weighted by Gasteiger charge is 2.41. The Bertz CT molecular complexity index is 651. The number of hydrogen-bond donors (Lipinski definition) is 2. The second-order valence-corrected chi connectivity index (χ2v) is 8.23. The summed E-state index contributed by atoms with van der Waals surface area (Å²) in [6.45, 7) is 6.68. The van der Waals surface area contributed by atoms with Crippen LogP contribution in [0.1, 0.15) is 89.2 Å². The molecule has 1 aromatic rings. The minimum atomic E-state index is -0.230. The number of rotatable bonds is 5. The molecule has 0 amide bonds. The summed E-state index contributed by atoms with van der Waals surface area (Å²) in [5.41, 5.74) is 2.74. The lowest BCUT2D eigenvalue weighted by Gasteiger charge is -2.26. The Balaban J connectivity index is 1.91. The number of phenolic OH excluding ortho intramolecular Hbond substituents is 1. The number of aromatic hydroxyl groups is 1.